The van der Waals surface area contributed by atoms with Gasteiger partial charge in [0.2, 0.25) is 0 Å². The van der Waals surface area contributed by atoms with Crippen molar-refractivity contribution in [2.45, 2.75) is 38.4 Å². The van der Waals surface area contributed by atoms with Crippen LogP contribution in [0.4, 0.5) is 0 Å². The van der Waals surface area contributed by atoms with Gasteiger partial charge in [-0.25, -0.2) is 0 Å². The van der Waals surface area contributed by atoms with Crippen LogP contribution in [0.5, 0.6) is 0 Å². The summed E-state index contributed by atoms with van der Waals surface area (Å²) >= 11 is 0. The Morgan fingerprint density at radius 3 is 3.14 bits per heavy atom. The molecule has 0 radical (unpaired) electrons. The highest BCUT2D eigenvalue weighted by atomic mass is 16.5. The zero-order chi connectivity index (χ0) is 14.7. The van der Waals surface area contributed by atoms with E-state index in [1.807, 2.05) is 28.8 Å². The number of nitrogens with one attached hydrogen (secondary N) is 2. The molecule has 2 aromatic heterocycles. The van der Waals surface area contributed by atoms with Crippen molar-refractivity contribution in [2.75, 3.05) is 19.8 Å². The minimum absolute atomic E-state index is 0.155. The van der Waals surface area contributed by atoms with Gasteiger partial charge in [0.15, 0.2) is 11.5 Å². The maximum absolute atomic E-state index is 5.50. The van der Waals surface area contributed by atoms with Crippen molar-refractivity contribution < 1.29 is 4.74 Å². The standard InChI is InChI=1S/C15H23N5O/c1-11(9-13-10-21-8-6-16-13)17-12(2)15-19-18-14-5-3-4-7-20(14)15/h3-5,7,11-13,16-17H,6,8-10H2,1-2H3. The second-order valence-electron chi connectivity index (χ2n) is 5.74. The van der Waals surface area contributed by atoms with Crippen molar-refractivity contribution in [3.63, 3.8) is 0 Å². The summed E-state index contributed by atoms with van der Waals surface area (Å²) < 4.78 is 7.54. The van der Waals surface area contributed by atoms with Gasteiger partial charge in [0.25, 0.3) is 0 Å². The number of fused-ring (bicyclic) bond motifs is 1. The third-order valence-corrected chi connectivity index (χ3v) is 3.90. The topological polar surface area (TPSA) is 63.5 Å². The minimum Gasteiger partial charge on any atom is -0.379 e. The molecular weight excluding hydrogens is 266 g/mol. The van der Waals surface area contributed by atoms with Crippen LogP contribution in [-0.2, 0) is 4.74 Å². The molecule has 1 fully saturated rings. The van der Waals surface area contributed by atoms with E-state index in [9.17, 15) is 0 Å². The van der Waals surface area contributed by atoms with Gasteiger partial charge < -0.3 is 15.4 Å². The molecule has 0 aliphatic carbocycles. The maximum atomic E-state index is 5.50. The fourth-order valence-corrected chi connectivity index (χ4v) is 2.92. The van der Waals surface area contributed by atoms with Crippen molar-refractivity contribution >= 4 is 5.65 Å². The molecule has 2 aromatic rings. The number of pyridine rings is 1. The molecule has 1 saturated heterocycles. The number of hydrogen-bond acceptors (Lipinski definition) is 5. The van der Waals surface area contributed by atoms with E-state index in [2.05, 4.69) is 34.7 Å². The van der Waals surface area contributed by atoms with Gasteiger partial charge in [-0.05, 0) is 32.4 Å². The van der Waals surface area contributed by atoms with E-state index in [4.69, 9.17) is 4.74 Å². The SMILES string of the molecule is CC(CC1COCCN1)NC(C)c1nnc2ccccn12. The van der Waals surface area contributed by atoms with Crippen LogP contribution in [0.15, 0.2) is 24.4 Å². The number of rotatable bonds is 5. The van der Waals surface area contributed by atoms with Crippen LogP contribution in [-0.4, -0.2) is 46.4 Å². The van der Waals surface area contributed by atoms with Gasteiger partial charge in [0.05, 0.1) is 19.3 Å². The van der Waals surface area contributed by atoms with E-state index in [-0.39, 0.29) is 6.04 Å². The van der Waals surface area contributed by atoms with Crippen molar-refractivity contribution in [1.82, 2.24) is 25.2 Å². The highest BCUT2D eigenvalue weighted by Gasteiger charge is 2.19. The fraction of sp³-hybridized carbons (Fsp3) is 0.600. The van der Waals surface area contributed by atoms with Crippen LogP contribution in [0.3, 0.4) is 0 Å². The Labute approximate surface area is 124 Å². The summed E-state index contributed by atoms with van der Waals surface area (Å²) in [5.41, 5.74) is 0.885. The molecule has 0 saturated carbocycles. The summed E-state index contributed by atoms with van der Waals surface area (Å²) in [6.45, 7) is 6.90. The molecule has 3 heterocycles. The number of hydrogen-bond donors (Lipinski definition) is 2. The lowest BCUT2D eigenvalue weighted by Crippen LogP contribution is -2.45. The first-order chi connectivity index (χ1) is 10.2. The predicted octanol–water partition coefficient (Wildman–Crippen LogP) is 1.15. The van der Waals surface area contributed by atoms with Gasteiger partial charge in [-0.3, -0.25) is 4.40 Å². The van der Waals surface area contributed by atoms with Crippen LogP contribution in [0.25, 0.3) is 5.65 Å². The largest absolute Gasteiger partial charge is 0.379 e. The lowest BCUT2D eigenvalue weighted by atomic mass is 10.1. The average Bonchev–Trinajstić information content (AvgIpc) is 2.92. The molecule has 1 aliphatic heterocycles. The first-order valence-electron chi connectivity index (χ1n) is 7.61. The normalized spacial score (nSPS) is 22.3. The van der Waals surface area contributed by atoms with Gasteiger partial charge in [-0.1, -0.05) is 6.07 Å². The summed E-state index contributed by atoms with van der Waals surface area (Å²) in [6, 6.07) is 6.92. The van der Waals surface area contributed by atoms with Crippen molar-refractivity contribution in [1.29, 1.82) is 0 Å². The number of morpholine rings is 1. The molecule has 2 N–H and O–H groups in total. The highest BCUT2D eigenvalue weighted by Crippen LogP contribution is 2.14. The van der Waals surface area contributed by atoms with Crippen LogP contribution in [0.1, 0.15) is 32.1 Å². The summed E-state index contributed by atoms with van der Waals surface area (Å²) in [5.74, 6) is 0.949. The average molecular weight is 289 g/mol. The van der Waals surface area contributed by atoms with Crippen LogP contribution >= 0.6 is 0 Å². The van der Waals surface area contributed by atoms with E-state index in [1.165, 1.54) is 0 Å². The van der Waals surface area contributed by atoms with E-state index in [0.29, 0.717) is 12.1 Å². The Hall–Kier alpha value is -1.50. The molecular formula is C15H23N5O. The molecule has 1 aliphatic rings. The molecule has 0 spiro atoms. The first kappa shape index (κ1) is 14.4. The zero-order valence-electron chi connectivity index (χ0n) is 12.6. The maximum Gasteiger partial charge on any atom is 0.160 e. The monoisotopic (exact) mass is 289 g/mol. The third-order valence-electron chi connectivity index (χ3n) is 3.90. The van der Waals surface area contributed by atoms with E-state index in [0.717, 1.165) is 37.7 Å². The lowest BCUT2D eigenvalue weighted by molar-refractivity contribution is 0.0708. The summed E-state index contributed by atoms with van der Waals surface area (Å²) in [4.78, 5) is 0. The number of nitrogens with zero attached hydrogens (tertiary/aromatic N) is 3. The Morgan fingerprint density at radius 1 is 1.43 bits per heavy atom. The second-order valence-corrected chi connectivity index (χ2v) is 5.74. The molecule has 3 unspecified atom stereocenters. The number of ether oxygens (including phenoxy) is 1. The second kappa shape index (κ2) is 6.51. The van der Waals surface area contributed by atoms with Crippen molar-refractivity contribution in [3.8, 4) is 0 Å². The Bertz CT molecular complexity index is 578. The van der Waals surface area contributed by atoms with Crippen LogP contribution in [0, 0.1) is 0 Å². The Balaban J connectivity index is 1.61. The Kier molecular flexibility index (Phi) is 4.48. The van der Waals surface area contributed by atoms with Crippen molar-refractivity contribution in [3.05, 3.63) is 30.2 Å². The van der Waals surface area contributed by atoms with Crippen molar-refractivity contribution in [2.24, 2.45) is 0 Å². The smallest absolute Gasteiger partial charge is 0.160 e. The van der Waals surface area contributed by atoms with Gasteiger partial charge in [0.1, 0.15) is 0 Å². The summed E-state index contributed by atoms with van der Waals surface area (Å²) in [6.07, 6.45) is 3.05. The summed E-state index contributed by atoms with van der Waals surface area (Å²) in [7, 11) is 0. The molecule has 6 heteroatoms. The molecule has 3 rings (SSSR count). The van der Waals surface area contributed by atoms with Gasteiger partial charge in [-0.2, -0.15) is 0 Å². The van der Waals surface area contributed by atoms with Gasteiger partial charge >= 0.3 is 0 Å². The lowest BCUT2D eigenvalue weighted by Gasteiger charge is -2.28. The minimum atomic E-state index is 0.155. The summed E-state index contributed by atoms with van der Waals surface area (Å²) in [5, 5.41) is 15.6. The highest BCUT2D eigenvalue weighted by molar-refractivity contribution is 5.37. The molecule has 3 atom stereocenters. The Morgan fingerprint density at radius 2 is 2.33 bits per heavy atom. The van der Waals surface area contributed by atoms with E-state index < -0.39 is 0 Å². The fourth-order valence-electron chi connectivity index (χ4n) is 2.92. The molecule has 6 nitrogen and oxygen atoms in total. The quantitative estimate of drug-likeness (QED) is 0.864. The van der Waals surface area contributed by atoms with Gasteiger partial charge in [0, 0.05) is 24.8 Å². The molecule has 0 bridgehead atoms. The van der Waals surface area contributed by atoms with Crippen LogP contribution in [0.2, 0.25) is 0 Å². The third kappa shape index (κ3) is 3.40. The number of aromatic nitrogens is 3. The van der Waals surface area contributed by atoms with E-state index >= 15 is 0 Å². The van der Waals surface area contributed by atoms with E-state index in [1.54, 1.807) is 0 Å². The molecule has 0 amide bonds. The first-order valence-corrected chi connectivity index (χ1v) is 7.61. The zero-order valence-corrected chi connectivity index (χ0v) is 12.6. The van der Waals surface area contributed by atoms with Gasteiger partial charge in [-0.15, -0.1) is 10.2 Å². The predicted molar refractivity (Wildman–Crippen MR) is 81.2 cm³/mol. The molecule has 21 heavy (non-hydrogen) atoms. The molecule has 0 aromatic carbocycles. The molecule has 114 valence electrons. The van der Waals surface area contributed by atoms with Crippen LogP contribution < -0.4 is 10.6 Å².